The van der Waals surface area contributed by atoms with Gasteiger partial charge >= 0.3 is 0 Å². The average molecular weight is 366 g/mol. The van der Waals surface area contributed by atoms with Crippen LogP contribution in [0.25, 0.3) is 5.82 Å². The quantitative estimate of drug-likeness (QED) is 0.744. The van der Waals surface area contributed by atoms with E-state index in [2.05, 4.69) is 15.5 Å². The number of aromatic nitrogens is 4. The fourth-order valence-electron chi connectivity index (χ4n) is 2.70. The zero-order valence-electron chi connectivity index (χ0n) is 15.8. The van der Waals surface area contributed by atoms with Gasteiger partial charge in [0.05, 0.1) is 5.69 Å². The first-order valence-corrected chi connectivity index (χ1v) is 8.52. The Bertz CT molecular complexity index is 1020. The highest BCUT2D eigenvalue weighted by molar-refractivity contribution is 5.90. The molecule has 2 aromatic heterocycles. The van der Waals surface area contributed by atoms with E-state index < -0.39 is 0 Å². The van der Waals surface area contributed by atoms with E-state index in [1.54, 1.807) is 10.7 Å². The van der Waals surface area contributed by atoms with Gasteiger partial charge in [0.1, 0.15) is 6.54 Å². The summed E-state index contributed by atoms with van der Waals surface area (Å²) in [4.78, 5) is 26.4. The Balaban J connectivity index is 1.76. The summed E-state index contributed by atoms with van der Waals surface area (Å²) < 4.78 is 2.78. The predicted octanol–water partition coefficient (Wildman–Crippen LogP) is 1.75. The van der Waals surface area contributed by atoms with Crippen LogP contribution in [0.15, 0.2) is 47.3 Å². The predicted molar refractivity (Wildman–Crippen MR) is 104 cm³/mol. The maximum atomic E-state index is 12.3. The van der Waals surface area contributed by atoms with Crippen molar-refractivity contribution in [2.75, 3.05) is 24.3 Å². The molecular formula is C19H22N6O2. The molecule has 1 amide bonds. The molecule has 0 atom stereocenters. The van der Waals surface area contributed by atoms with Gasteiger partial charge in [0.2, 0.25) is 5.91 Å². The largest absolute Gasteiger partial charge is 0.378 e. The van der Waals surface area contributed by atoms with Crippen LogP contribution in [0, 0.1) is 13.8 Å². The molecule has 8 heteroatoms. The summed E-state index contributed by atoms with van der Waals surface area (Å²) in [6.45, 7) is 3.61. The lowest BCUT2D eigenvalue weighted by Crippen LogP contribution is -2.30. The summed E-state index contributed by atoms with van der Waals surface area (Å²) in [6, 6.07) is 12.3. The van der Waals surface area contributed by atoms with E-state index in [9.17, 15) is 9.59 Å². The van der Waals surface area contributed by atoms with Gasteiger partial charge < -0.3 is 10.2 Å². The van der Waals surface area contributed by atoms with E-state index in [1.807, 2.05) is 63.2 Å². The van der Waals surface area contributed by atoms with E-state index in [1.165, 1.54) is 6.07 Å². The van der Waals surface area contributed by atoms with Gasteiger partial charge in [-0.3, -0.25) is 9.59 Å². The van der Waals surface area contributed by atoms with Gasteiger partial charge in [-0.05, 0) is 50.2 Å². The second-order valence-corrected chi connectivity index (χ2v) is 6.52. The standard InChI is InChI=1S/C19H22N6O2/c1-13-11-14(2)25(21-13)17-9-10-19(27)24(22-17)12-18(26)20-15-5-7-16(8-6-15)23(3)4/h5-11H,12H2,1-4H3,(H,20,26). The molecule has 0 aliphatic heterocycles. The third-order valence-corrected chi connectivity index (χ3v) is 4.04. The van der Waals surface area contributed by atoms with Gasteiger partial charge in [-0.25, -0.2) is 9.36 Å². The molecule has 0 spiro atoms. The van der Waals surface area contributed by atoms with E-state index in [4.69, 9.17) is 0 Å². The monoisotopic (exact) mass is 366 g/mol. The van der Waals surface area contributed by atoms with E-state index >= 15 is 0 Å². The van der Waals surface area contributed by atoms with Crippen molar-refractivity contribution in [3.05, 3.63) is 64.2 Å². The fourth-order valence-corrected chi connectivity index (χ4v) is 2.70. The zero-order chi connectivity index (χ0) is 19.6. The van der Waals surface area contributed by atoms with E-state index in [0.717, 1.165) is 21.8 Å². The Kier molecular flexibility index (Phi) is 5.07. The zero-order valence-corrected chi connectivity index (χ0v) is 15.8. The molecule has 0 aliphatic rings. The first-order chi connectivity index (χ1) is 12.8. The molecule has 0 fully saturated rings. The van der Waals surface area contributed by atoms with Gasteiger partial charge in [-0.1, -0.05) is 0 Å². The van der Waals surface area contributed by atoms with Crippen LogP contribution in [0.5, 0.6) is 0 Å². The van der Waals surface area contributed by atoms with Crippen LogP contribution >= 0.6 is 0 Å². The third kappa shape index (κ3) is 4.22. The normalized spacial score (nSPS) is 10.7. The molecule has 27 heavy (non-hydrogen) atoms. The third-order valence-electron chi connectivity index (χ3n) is 4.04. The summed E-state index contributed by atoms with van der Waals surface area (Å²) in [5.41, 5.74) is 3.09. The summed E-state index contributed by atoms with van der Waals surface area (Å²) in [7, 11) is 3.89. The highest BCUT2D eigenvalue weighted by atomic mass is 16.2. The van der Waals surface area contributed by atoms with Gasteiger partial charge in [0.25, 0.3) is 5.56 Å². The molecule has 0 saturated carbocycles. The molecule has 0 bridgehead atoms. The molecule has 0 saturated heterocycles. The van der Waals surface area contributed by atoms with E-state index in [0.29, 0.717) is 11.5 Å². The second-order valence-electron chi connectivity index (χ2n) is 6.52. The molecule has 3 aromatic rings. The fraction of sp³-hybridized carbons (Fsp3) is 0.263. The number of nitrogens with zero attached hydrogens (tertiary/aromatic N) is 5. The average Bonchev–Trinajstić information content (AvgIpc) is 2.95. The van der Waals surface area contributed by atoms with Crippen molar-refractivity contribution in [2.45, 2.75) is 20.4 Å². The van der Waals surface area contributed by atoms with Crippen molar-refractivity contribution >= 4 is 17.3 Å². The highest BCUT2D eigenvalue weighted by Gasteiger charge is 2.10. The van der Waals surface area contributed by atoms with Gasteiger partial charge in [0, 0.05) is 37.2 Å². The molecule has 0 radical (unpaired) electrons. The summed E-state index contributed by atoms with van der Waals surface area (Å²) >= 11 is 0. The number of nitrogens with one attached hydrogen (secondary N) is 1. The molecule has 2 heterocycles. The Labute approximate surface area is 157 Å². The number of anilines is 2. The first kappa shape index (κ1) is 18.4. The summed E-state index contributed by atoms with van der Waals surface area (Å²) in [6.07, 6.45) is 0. The van der Waals surface area contributed by atoms with Crippen molar-refractivity contribution in [3.8, 4) is 5.82 Å². The maximum Gasteiger partial charge on any atom is 0.267 e. The van der Waals surface area contributed by atoms with Crippen LogP contribution < -0.4 is 15.8 Å². The molecule has 0 unspecified atom stereocenters. The number of rotatable bonds is 5. The minimum absolute atomic E-state index is 0.179. The number of carbonyl (C=O) groups is 1. The van der Waals surface area contributed by atoms with Crippen LogP contribution in [0.3, 0.4) is 0 Å². The highest BCUT2D eigenvalue weighted by Crippen LogP contribution is 2.15. The number of carbonyl (C=O) groups excluding carboxylic acids is 1. The lowest BCUT2D eigenvalue weighted by atomic mass is 10.2. The number of aryl methyl sites for hydroxylation is 2. The van der Waals surface area contributed by atoms with Gasteiger partial charge in [-0.2, -0.15) is 5.10 Å². The van der Waals surface area contributed by atoms with Crippen LogP contribution in [-0.4, -0.2) is 39.6 Å². The first-order valence-electron chi connectivity index (χ1n) is 8.52. The molecule has 1 N–H and O–H groups in total. The summed E-state index contributed by atoms with van der Waals surface area (Å²) in [5, 5.41) is 11.4. The molecule has 8 nitrogen and oxygen atoms in total. The Hall–Kier alpha value is -3.42. The Morgan fingerprint density at radius 2 is 1.78 bits per heavy atom. The van der Waals surface area contributed by atoms with Crippen LogP contribution in [-0.2, 0) is 11.3 Å². The van der Waals surface area contributed by atoms with Gasteiger partial charge in [0.15, 0.2) is 5.82 Å². The van der Waals surface area contributed by atoms with Crippen molar-refractivity contribution in [1.29, 1.82) is 0 Å². The smallest absolute Gasteiger partial charge is 0.267 e. The number of hydrogen-bond donors (Lipinski definition) is 1. The van der Waals surface area contributed by atoms with Gasteiger partial charge in [-0.15, -0.1) is 5.10 Å². The second kappa shape index (κ2) is 7.45. The summed E-state index contributed by atoms with van der Waals surface area (Å²) in [5.74, 6) is 0.163. The lowest BCUT2D eigenvalue weighted by Gasteiger charge is -2.13. The molecule has 3 rings (SSSR count). The Morgan fingerprint density at radius 3 is 2.37 bits per heavy atom. The minimum atomic E-state index is -0.349. The van der Waals surface area contributed by atoms with Crippen molar-refractivity contribution in [2.24, 2.45) is 0 Å². The van der Waals surface area contributed by atoms with Crippen molar-refractivity contribution < 1.29 is 4.79 Å². The van der Waals surface area contributed by atoms with E-state index in [-0.39, 0.29) is 18.0 Å². The number of amides is 1. The molecule has 1 aromatic carbocycles. The van der Waals surface area contributed by atoms with Crippen LogP contribution in [0.1, 0.15) is 11.4 Å². The van der Waals surface area contributed by atoms with Crippen LogP contribution in [0.4, 0.5) is 11.4 Å². The SMILES string of the molecule is Cc1cc(C)n(-c2ccc(=O)n(CC(=O)Nc3ccc(N(C)C)cc3)n2)n1. The molecular weight excluding hydrogens is 344 g/mol. The molecule has 140 valence electrons. The maximum absolute atomic E-state index is 12.3. The number of benzene rings is 1. The van der Waals surface area contributed by atoms with Crippen molar-refractivity contribution in [1.82, 2.24) is 19.6 Å². The van der Waals surface area contributed by atoms with Crippen molar-refractivity contribution in [3.63, 3.8) is 0 Å². The Morgan fingerprint density at radius 1 is 1.07 bits per heavy atom. The molecule has 0 aliphatic carbocycles. The number of hydrogen-bond acceptors (Lipinski definition) is 5. The van der Waals surface area contributed by atoms with Crippen LogP contribution in [0.2, 0.25) is 0 Å². The minimum Gasteiger partial charge on any atom is -0.378 e. The lowest BCUT2D eigenvalue weighted by molar-refractivity contribution is -0.117. The topological polar surface area (TPSA) is 85.0 Å².